The van der Waals surface area contributed by atoms with Gasteiger partial charge in [-0.1, -0.05) is 52.1 Å². The zero-order valence-corrected chi connectivity index (χ0v) is 14.7. The number of hydrogen-bond donors (Lipinski definition) is 2. The molecule has 4 heteroatoms. The summed E-state index contributed by atoms with van der Waals surface area (Å²) >= 11 is 7.11. The van der Waals surface area contributed by atoms with Crippen molar-refractivity contribution < 1.29 is 0 Å². The fraction of sp³-hybridized carbons (Fsp3) is 0.600. The third-order valence-corrected chi connectivity index (χ3v) is 5.45. The molecule has 4 atom stereocenters. The van der Waals surface area contributed by atoms with E-state index in [1.54, 1.807) is 0 Å². The molecule has 0 radical (unpaired) electrons. The Kier molecular flexibility index (Phi) is 5.46. The highest BCUT2D eigenvalue weighted by Crippen LogP contribution is 2.40. The summed E-state index contributed by atoms with van der Waals surface area (Å²) in [5.74, 6) is 8.08. The van der Waals surface area contributed by atoms with Crippen LogP contribution in [0.15, 0.2) is 27.1 Å². The van der Waals surface area contributed by atoms with Gasteiger partial charge in [0.1, 0.15) is 0 Å². The van der Waals surface area contributed by atoms with Crippen LogP contribution in [-0.4, -0.2) is 0 Å². The Morgan fingerprint density at radius 2 is 1.74 bits per heavy atom. The van der Waals surface area contributed by atoms with Crippen molar-refractivity contribution in [1.29, 1.82) is 0 Å². The van der Waals surface area contributed by atoms with E-state index in [1.807, 2.05) is 0 Å². The summed E-state index contributed by atoms with van der Waals surface area (Å²) in [5.41, 5.74) is 4.30. The Morgan fingerprint density at radius 1 is 1.11 bits per heavy atom. The molecule has 0 amide bonds. The normalized spacial score (nSPS) is 29.2. The molecule has 0 heterocycles. The van der Waals surface area contributed by atoms with Crippen LogP contribution in [0.25, 0.3) is 0 Å². The number of nitrogens with two attached hydrogens (primary N) is 1. The van der Waals surface area contributed by atoms with E-state index in [9.17, 15) is 0 Å². The maximum atomic E-state index is 5.84. The zero-order valence-electron chi connectivity index (χ0n) is 11.5. The molecule has 0 spiro atoms. The highest BCUT2D eigenvalue weighted by molar-refractivity contribution is 9.11. The molecule has 0 bridgehead atoms. The van der Waals surface area contributed by atoms with Gasteiger partial charge in [-0.15, -0.1) is 0 Å². The first kappa shape index (κ1) is 15.5. The minimum atomic E-state index is 0.240. The second-order valence-corrected chi connectivity index (χ2v) is 7.71. The lowest BCUT2D eigenvalue weighted by Crippen LogP contribution is -2.36. The van der Waals surface area contributed by atoms with Crippen molar-refractivity contribution in [3.8, 4) is 0 Å². The number of benzene rings is 1. The lowest BCUT2D eigenvalue weighted by atomic mass is 9.72. The third kappa shape index (κ3) is 3.81. The van der Waals surface area contributed by atoms with Crippen molar-refractivity contribution in [3.05, 3.63) is 32.7 Å². The predicted molar refractivity (Wildman–Crippen MR) is 87.6 cm³/mol. The van der Waals surface area contributed by atoms with Gasteiger partial charge in [-0.25, -0.2) is 0 Å². The van der Waals surface area contributed by atoms with E-state index >= 15 is 0 Å². The van der Waals surface area contributed by atoms with E-state index in [0.29, 0.717) is 5.92 Å². The first-order valence-corrected chi connectivity index (χ1v) is 8.52. The SMILES string of the molecule is CC1CCC(C(NN)c2cc(Br)cc(Br)c2)CC1C. The molecule has 1 aliphatic rings. The molecule has 0 saturated heterocycles. The molecule has 3 N–H and O–H groups in total. The maximum Gasteiger partial charge on any atom is 0.0489 e. The van der Waals surface area contributed by atoms with Crippen LogP contribution in [0.4, 0.5) is 0 Å². The summed E-state index contributed by atoms with van der Waals surface area (Å²) in [5, 5.41) is 0. The van der Waals surface area contributed by atoms with Gasteiger partial charge in [-0.2, -0.15) is 0 Å². The second kappa shape index (κ2) is 6.70. The number of rotatable bonds is 3. The topological polar surface area (TPSA) is 38.0 Å². The Hall–Kier alpha value is 0.1000. The summed E-state index contributed by atoms with van der Waals surface area (Å²) in [4.78, 5) is 0. The van der Waals surface area contributed by atoms with Crippen molar-refractivity contribution >= 4 is 31.9 Å². The minimum Gasteiger partial charge on any atom is -0.271 e. The van der Waals surface area contributed by atoms with Gasteiger partial charge in [0.25, 0.3) is 0 Å². The van der Waals surface area contributed by atoms with Gasteiger partial charge in [-0.3, -0.25) is 11.3 Å². The van der Waals surface area contributed by atoms with Crippen molar-refractivity contribution in [1.82, 2.24) is 5.43 Å². The van der Waals surface area contributed by atoms with E-state index in [2.05, 4.69) is 69.3 Å². The molecule has 0 aromatic heterocycles. The summed E-state index contributed by atoms with van der Waals surface area (Å²) in [6.45, 7) is 4.72. The molecule has 1 saturated carbocycles. The van der Waals surface area contributed by atoms with E-state index < -0.39 is 0 Å². The highest BCUT2D eigenvalue weighted by Gasteiger charge is 2.30. The van der Waals surface area contributed by atoms with Crippen LogP contribution in [-0.2, 0) is 0 Å². The van der Waals surface area contributed by atoms with Crippen molar-refractivity contribution in [2.24, 2.45) is 23.6 Å². The van der Waals surface area contributed by atoms with E-state index in [4.69, 9.17) is 5.84 Å². The van der Waals surface area contributed by atoms with Crippen LogP contribution < -0.4 is 11.3 Å². The lowest BCUT2D eigenvalue weighted by Gasteiger charge is -2.36. The number of hydrazine groups is 1. The molecule has 19 heavy (non-hydrogen) atoms. The first-order chi connectivity index (χ1) is 9.01. The molecule has 2 nitrogen and oxygen atoms in total. The Labute approximate surface area is 132 Å². The molecule has 2 rings (SSSR count). The standard InChI is InChI=1S/C15H22Br2N2/c1-9-3-4-11(5-10(9)2)15(19-18)12-6-13(16)8-14(17)7-12/h6-11,15,19H,3-5,18H2,1-2H3. The fourth-order valence-electron chi connectivity index (χ4n) is 3.15. The molecule has 1 fully saturated rings. The summed E-state index contributed by atoms with van der Waals surface area (Å²) in [6, 6.07) is 6.63. The van der Waals surface area contributed by atoms with Crippen molar-refractivity contribution in [2.45, 2.75) is 39.2 Å². The average Bonchev–Trinajstić information content (AvgIpc) is 2.33. The maximum absolute atomic E-state index is 5.84. The molecule has 0 aliphatic heterocycles. The first-order valence-electron chi connectivity index (χ1n) is 6.93. The predicted octanol–water partition coefficient (Wildman–Crippen LogP) is 4.79. The van der Waals surface area contributed by atoms with E-state index in [0.717, 1.165) is 20.8 Å². The molecular weight excluding hydrogens is 368 g/mol. The number of halogens is 2. The van der Waals surface area contributed by atoms with Gasteiger partial charge in [0, 0.05) is 15.0 Å². The van der Waals surface area contributed by atoms with Crippen LogP contribution in [0.2, 0.25) is 0 Å². The quantitative estimate of drug-likeness (QED) is 0.576. The summed E-state index contributed by atoms with van der Waals surface area (Å²) < 4.78 is 2.18. The van der Waals surface area contributed by atoms with Crippen molar-refractivity contribution in [2.75, 3.05) is 0 Å². The van der Waals surface area contributed by atoms with Crippen LogP contribution >= 0.6 is 31.9 Å². The molecule has 4 unspecified atom stereocenters. The summed E-state index contributed by atoms with van der Waals surface area (Å²) in [6.07, 6.45) is 3.81. The molecule has 1 aromatic rings. The largest absolute Gasteiger partial charge is 0.271 e. The van der Waals surface area contributed by atoms with Crippen LogP contribution in [0, 0.1) is 17.8 Å². The molecule has 106 valence electrons. The van der Waals surface area contributed by atoms with Gasteiger partial charge in [-0.05, 0) is 54.4 Å². The van der Waals surface area contributed by atoms with E-state index in [-0.39, 0.29) is 6.04 Å². The average molecular weight is 390 g/mol. The van der Waals surface area contributed by atoms with Crippen LogP contribution in [0.1, 0.15) is 44.7 Å². The Balaban J connectivity index is 2.19. The van der Waals surface area contributed by atoms with Gasteiger partial charge in [0.05, 0.1) is 0 Å². The van der Waals surface area contributed by atoms with Crippen LogP contribution in [0.3, 0.4) is 0 Å². The van der Waals surface area contributed by atoms with E-state index in [1.165, 1.54) is 24.8 Å². The third-order valence-electron chi connectivity index (χ3n) is 4.53. The van der Waals surface area contributed by atoms with Crippen LogP contribution in [0.5, 0.6) is 0 Å². The second-order valence-electron chi connectivity index (χ2n) is 5.87. The van der Waals surface area contributed by atoms with Gasteiger partial charge >= 0.3 is 0 Å². The zero-order chi connectivity index (χ0) is 14.0. The molecular formula is C15H22Br2N2. The van der Waals surface area contributed by atoms with Gasteiger partial charge < -0.3 is 0 Å². The lowest BCUT2D eigenvalue weighted by molar-refractivity contribution is 0.171. The Morgan fingerprint density at radius 3 is 2.26 bits per heavy atom. The smallest absolute Gasteiger partial charge is 0.0489 e. The highest BCUT2D eigenvalue weighted by atomic mass is 79.9. The molecule has 1 aliphatic carbocycles. The van der Waals surface area contributed by atoms with Gasteiger partial charge in [0.2, 0.25) is 0 Å². The fourth-order valence-corrected chi connectivity index (χ4v) is 4.48. The van der Waals surface area contributed by atoms with Crippen molar-refractivity contribution in [3.63, 3.8) is 0 Å². The van der Waals surface area contributed by atoms with Gasteiger partial charge in [0.15, 0.2) is 0 Å². The molecule has 1 aromatic carbocycles. The minimum absolute atomic E-state index is 0.240. The number of hydrogen-bond acceptors (Lipinski definition) is 2. The number of nitrogens with one attached hydrogen (secondary N) is 1. The summed E-state index contributed by atoms with van der Waals surface area (Å²) in [7, 11) is 0. The Bertz CT molecular complexity index is 416. The monoisotopic (exact) mass is 388 g/mol.